The zero-order chi connectivity index (χ0) is 18.0. The van der Waals surface area contributed by atoms with E-state index in [9.17, 15) is 5.11 Å². The second-order valence-corrected chi connectivity index (χ2v) is 7.27. The van der Waals surface area contributed by atoms with Gasteiger partial charge in [0.25, 0.3) is 0 Å². The molecule has 2 saturated heterocycles. The smallest absolute Gasteiger partial charge is 0.231 e. The number of hydrogen-bond donors (Lipinski definition) is 1. The highest BCUT2D eigenvalue weighted by atomic mass is 16.7. The van der Waals surface area contributed by atoms with Crippen LogP contribution in [0.15, 0.2) is 36.4 Å². The van der Waals surface area contributed by atoms with Gasteiger partial charge >= 0.3 is 0 Å². The lowest BCUT2D eigenvalue weighted by Crippen LogP contribution is -2.39. The van der Waals surface area contributed by atoms with Gasteiger partial charge in [-0.1, -0.05) is 12.1 Å². The molecule has 0 amide bonds. The molecule has 4 aliphatic rings. The molecule has 0 radical (unpaired) electrons. The van der Waals surface area contributed by atoms with Crippen molar-refractivity contribution >= 4 is 0 Å². The Hall–Kier alpha value is -2.48. The quantitative estimate of drug-likeness (QED) is 0.870. The minimum absolute atomic E-state index is 0.173. The minimum Gasteiger partial charge on any atom is -0.454 e. The molecule has 0 aliphatic carbocycles. The van der Waals surface area contributed by atoms with Crippen molar-refractivity contribution in [2.75, 3.05) is 26.8 Å². The summed E-state index contributed by atoms with van der Waals surface area (Å²) in [5.41, 5.74) is 0.712. The normalized spacial score (nSPS) is 32.7. The molecule has 0 bridgehead atoms. The number of hydrogen-bond acceptors (Lipinski definition) is 7. The third-order valence-corrected chi connectivity index (χ3v) is 5.82. The average molecular weight is 370 g/mol. The number of benzene rings is 2. The van der Waals surface area contributed by atoms with Crippen molar-refractivity contribution in [2.24, 2.45) is 5.92 Å². The van der Waals surface area contributed by atoms with Crippen LogP contribution in [-0.2, 0) is 9.47 Å². The van der Waals surface area contributed by atoms with E-state index in [1.807, 2.05) is 36.4 Å². The van der Waals surface area contributed by atoms with Crippen LogP contribution < -0.4 is 18.9 Å². The summed E-state index contributed by atoms with van der Waals surface area (Å²) in [4.78, 5) is 0. The molecule has 140 valence electrons. The first-order valence-electron chi connectivity index (χ1n) is 8.97. The second-order valence-electron chi connectivity index (χ2n) is 7.27. The maximum absolute atomic E-state index is 11.4. The molecule has 2 aromatic carbocycles. The van der Waals surface area contributed by atoms with Gasteiger partial charge in [-0.25, -0.2) is 0 Å². The lowest BCUT2D eigenvalue weighted by molar-refractivity contribution is -0.0628. The van der Waals surface area contributed by atoms with Gasteiger partial charge in [0.15, 0.2) is 23.0 Å². The van der Waals surface area contributed by atoms with Gasteiger partial charge in [0.2, 0.25) is 13.6 Å². The highest BCUT2D eigenvalue weighted by molar-refractivity contribution is 5.47. The van der Waals surface area contributed by atoms with E-state index >= 15 is 0 Å². The first-order chi connectivity index (χ1) is 13.2. The van der Waals surface area contributed by atoms with E-state index in [-0.39, 0.29) is 32.2 Å². The van der Waals surface area contributed by atoms with E-state index in [0.29, 0.717) is 23.9 Å². The molecule has 7 heteroatoms. The molecule has 4 atom stereocenters. The minimum atomic E-state index is -1.10. The van der Waals surface area contributed by atoms with Crippen molar-refractivity contribution in [2.45, 2.75) is 17.8 Å². The molecule has 0 unspecified atom stereocenters. The molecule has 0 saturated carbocycles. The predicted octanol–water partition coefficient (Wildman–Crippen LogP) is 2.33. The summed E-state index contributed by atoms with van der Waals surface area (Å²) in [5.74, 6) is 2.65. The number of aliphatic hydroxyl groups is 1. The Bertz CT molecular complexity index is 913. The van der Waals surface area contributed by atoms with Crippen LogP contribution in [0.5, 0.6) is 23.0 Å². The average Bonchev–Trinajstić information content (AvgIpc) is 3.43. The van der Waals surface area contributed by atoms with Gasteiger partial charge in [-0.3, -0.25) is 0 Å². The number of fused-ring (bicyclic) bond motifs is 3. The predicted molar refractivity (Wildman–Crippen MR) is 91.0 cm³/mol. The van der Waals surface area contributed by atoms with Gasteiger partial charge in [-0.05, 0) is 35.4 Å². The summed E-state index contributed by atoms with van der Waals surface area (Å²) < 4.78 is 33.7. The highest BCUT2D eigenvalue weighted by Crippen LogP contribution is 2.54. The third-order valence-electron chi connectivity index (χ3n) is 5.82. The van der Waals surface area contributed by atoms with Gasteiger partial charge in [-0.15, -0.1) is 0 Å². The first kappa shape index (κ1) is 15.6. The Balaban J connectivity index is 1.31. The molecule has 4 aliphatic heterocycles. The molecule has 0 spiro atoms. The van der Waals surface area contributed by atoms with Crippen molar-refractivity contribution in [1.29, 1.82) is 0 Å². The van der Waals surface area contributed by atoms with Crippen LogP contribution in [0, 0.1) is 5.92 Å². The van der Waals surface area contributed by atoms with E-state index in [2.05, 4.69) is 0 Å². The van der Waals surface area contributed by atoms with Crippen LogP contribution in [0.1, 0.15) is 23.3 Å². The molecule has 0 aromatic heterocycles. The fourth-order valence-corrected chi connectivity index (χ4v) is 4.43. The summed E-state index contributed by atoms with van der Waals surface area (Å²) in [6.07, 6.45) is -0.737. The van der Waals surface area contributed by atoms with E-state index in [0.717, 1.165) is 16.9 Å². The Morgan fingerprint density at radius 1 is 0.778 bits per heavy atom. The fraction of sp³-hybridized carbons (Fsp3) is 0.400. The lowest BCUT2D eigenvalue weighted by atomic mass is 9.81. The second kappa shape index (κ2) is 5.51. The van der Waals surface area contributed by atoms with Crippen LogP contribution in [0.3, 0.4) is 0 Å². The van der Waals surface area contributed by atoms with E-state index in [4.69, 9.17) is 28.4 Å². The monoisotopic (exact) mass is 370 g/mol. The molecular weight excluding hydrogens is 352 g/mol. The van der Waals surface area contributed by atoms with Crippen LogP contribution in [0.4, 0.5) is 0 Å². The summed E-state index contributed by atoms with van der Waals surface area (Å²) in [5, 5.41) is 11.4. The summed E-state index contributed by atoms with van der Waals surface area (Å²) in [7, 11) is 0. The van der Waals surface area contributed by atoms with Crippen molar-refractivity contribution in [3.63, 3.8) is 0 Å². The molecule has 7 nitrogen and oxygen atoms in total. The van der Waals surface area contributed by atoms with Crippen molar-refractivity contribution < 1.29 is 33.5 Å². The highest BCUT2D eigenvalue weighted by Gasteiger charge is 2.59. The van der Waals surface area contributed by atoms with Crippen molar-refractivity contribution in [3.05, 3.63) is 47.5 Å². The molecular formula is C20H18O7. The Kier molecular flexibility index (Phi) is 3.18. The Labute approximate surface area is 155 Å². The fourth-order valence-electron chi connectivity index (χ4n) is 4.43. The van der Waals surface area contributed by atoms with Crippen LogP contribution in [0.25, 0.3) is 0 Å². The Morgan fingerprint density at radius 2 is 1.41 bits per heavy atom. The van der Waals surface area contributed by atoms with Gasteiger partial charge < -0.3 is 33.5 Å². The number of ether oxygens (including phenoxy) is 6. The molecule has 2 aromatic rings. The topological polar surface area (TPSA) is 75.6 Å². The van der Waals surface area contributed by atoms with E-state index < -0.39 is 11.7 Å². The van der Waals surface area contributed by atoms with Gasteiger partial charge in [0.1, 0.15) is 11.7 Å². The zero-order valence-corrected chi connectivity index (χ0v) is 14.4. The maximum Gasteiger partial charge on any atom is 0.231 e. The van der Waals surface area contributed by atoms with Crippen LogP contribution in [-0.4, -0.2) is 37.5 Å². The van der Waals surface area contributed by atoms with Crippen LogP contribution in [0.2, 0.25) is 0 Å². The Morgan fingerprint density at radius 3 is 2.15 bits per heavy atom. The van der Waals surface area contributed by atoms with Crippen molar-refractivity contribution in [1.82, 2.24) is 0 Å². The van der Waals surface area contributed by atoms with E-state index in [1.165, 1.54) is 0 Å². The van der Waals surface area contributed by atoms with Crippen LogP contribution >= 0.6 is 0 Å². The maximum atomic E-state index is 11.4. The van der Waals surface area contributed by atoms with Gasteiger partial charge in [-0.2, -0.15) is 0 Å². The first-order valence-corrected chi connectivity index (χ1v) is 8.97. The molecule has 6 rings (SSSR count). The lowest BCUT2D eigenvalue weighted by Gasteiger charge is -2.27. The molecule has 2 fully saturated rings. The number of rotatable bonds is 2. The summed E-state index contributed by atoms with van der Waals surface area (Å²) in [6, 6.07) is 11.4. The van der Waals surface area contributed by atoms with Gasteiger partial charge in [0, 0.05) is 5.92 Å². The third kappa shape index (κ3) is 2.19. The zero-order valence-electron chi connectivity index (χ0n) is 14.4. The largest absolute Gasteiger partial charge is 0.454 e. The standard InChI is InChI=1S/C20H18O7/c21-20-8-23-18(11-1-3-14-16(5-11)26-9-24-14)13(20)7-22-19(20)12-2-4-15-17(6-12)27-10-25-15/h1-6,13,18-19,21H,7-10H2/t13-,18+,19-,20-/m1/s1. The summed E-state index contributed by atoms with van der Waals surface area (Å²) >= 11 is 0. The van der Waals surface area contributed by atoms with Gasteiger partial charge in [0.05, 0.1) is 19.3 Å². The molecule has 1 N–H and O–H groups in total. The van der Waals surface area contributed by atoms with Crippen molar-refractivity contribution in [3.8, 4) is 23.0 Å². The molecule has 4 heterocycles. The summed E-state index contributed by atoms with van der Waals surface area (Å²) in [6.45, 7) is 1.06. The molecule has 27 heavy (non-hydrogen) atoms. The SMILES string of the molecule is O[C@]12CO[C@@H](c3ccc4c(c3)OCO4)[C@H]1CO[C@@H]2c1ccc2c(c1)OCO2. The van der Waals surface area contributed by atoms with E-state index in [1.54, 1.807) is 0 Å².